The van der Waals surface area contributed by atoms with Gasteiger partial charge in [0.1, 0.15) is 6.04 Å². The molecule has 1 fully saturated rings. The summed E-state index contributed by atoms with van der Waals surface area (Å²) in [6.45, 7) is 3.74. The maximum Gasteiger partial charge on any atom is 0.241 e. The molecule has 1 amide bonds. The minimum Gasteiger partial charge on any atom is -0.368 e. The van der Waals surface area contributed by atoms with Gasteiger partial charge in [-0.3, -0.25) is 4.79 Å². The number of nitrogens with two attached hydrogens (primary N) is 1. The van der Waals surface area contributed by atoms with Crippen molar-refractivity contribution in [3.63, 3.8) is 0 Å². The molecule has 24 heavy (non-hydrogen) atoms. The Bertz CT molecular complexity index is 717. The van der Waals surface area contributed by atoms with Gasteiger partial charge in [0.05, 0.1) is 5.69 Å². The monoisotopic (exact) mass is 387 g/mol. The number of para-hydroxylation sites is 1. The van der Waals surface area contributed by atoms with Crippen LogP contribution in [0, 0.1) is 6.92 Å². The molecule has 2 aromatic rings. The molecule has 2 unspecified atom stereocenters. The van der Waals surface area contributed by atoms with Crippen molar-refractivity contribution in [2.24, 2.45) is 5.73 Å². The lowest BCUT2D eigenvalue weighted by molar-refractivity contribution is -0.123. The number of hydrogen-bond donors (Lipinski definition) is 2. The van der Waals surface area contributed by atoms with E-state index in [-0.39, 0.29) is 11.9 Å². The van der Waals surface area contributed by atoms with Crippen LogP contribution < -0.4 is 16.0 Å². The second kappa shape index (κ2) is 7.36. The van der Waals surface area contributed by atoms with Crippen LogP contribution in [0.15, 0.2) is 53.0 Å². The number of rotatable bonds is 4. The molecule has 0 bridgehead atoms. The number of carbonyl (C=O) groups excluding carboxylic acids is 1. The molecule has 1 saturated heterocycles. The van der Waals surface area contributed by atoms with E-state index in [2.05, 4.69) is 32.2 Å². The van der Waals surface area contributed by atoms with Gasteiger partial charge in [0.15, 0.2) is 0 Å². The maximum atomic E-state index is 12.4. The Hall–Kier alpha value is -1.85. The lowest BCUT2D eigenvalue weighted by Gasteiger charge is -2.21. The van der Waals surface area contributed by atoms with E-state index < -0.39 is 6.04 Å². The smallest absolute Gasteiger partial charge is 0.241 e. The largest absolute Gasteiger partial charge is 0.368 e. The standard InChI is InChI=1S/C19H22BrN3O/c1-13-6-8-14(9-7-13)18(21)19(24)22-15-10-11-23(12-15)17-5-3-2-4-16(17)20/h2-9,15,18H,10-12,21H2,1H3,(H,22,24). The number of benzene rings is 2. The summed E-state index contributed by atoms with van der Waals surface area (Å²) in [5, 5.41) is 3.09. The Labute approximate surface area is 151 Å². The molecule has 2 atom stereocenters. The molecular formula is C19H22BrN3O. The van der Waals surface area contributed by atoms with Gasteiger partial charge in [0.2, 0.25) is 5.91 Å². The van der Waals surface area contributed by atoms with E-state index in [1.165, 1.54) is 0 Å². The van der Waals surface area contributed by atoms with Crippen LogP contribution in [-0.2, 0) is 4.79 Å². The molecule has 4 nitrogen and oxygen atoms in total. The van der Waals surface area contributed by atoms with Crippen molar-refractivity contribution in [2.75, 3.05) is 18.0 Å². The molecule has 3 rings (SSSR count). The normalized spacial score (nSPS) is 18.5. The Morgan fingerprint density at radius 3 is 2.67 bits per heavy atom. The first kappa shape index (κ1) is 17.0. The van der Waals surface area contributed by atoms with E-state index in [0.29, 0.717) is 0 Å². The van der Waals surface area contributed by atoms with Crippen LogP contribution in [0.5, 0.6) is 0 Å². The van der Waals surface area contributed by atoms with Crippen LogP contribution in [0.2, 0.25) is 0 Å². The summed E-state index contributed by atoms with van der Waals surface area (Å²) in [5.74, 6) is -0.113. The van der Waals surface area contributed by atoms with Crippen LogP contribution >= 0.6 is 15.9 Å². The van der Waals surface area contributed by atoms with Crippen LogP contribution in [0.1, 0.15) is 23.6 Å². The van der Waals surface area contributed by atoms with E-state index in [1.807, 2.05) is 49.4 Å². The van der Waals surface area contributed by atoms with Gasteiger partial charge in [-0.1, -0.05) is 42.0 Å². The van der Waals surface area contributed by atoms with E-state index in [9.17, 15) is 4.79 Å². The summed E-state index contributed by atoms with van der Waals surface area (Å²) in [4.78, 5) is 14.7. The molecule has 0 aromatic heterocycles. The van der Waals surface area contributed by atoms with Crippen molar-refractivity contribution in [1.29, 1.82) is 0 Å². The van der Waals surface area contributed by atoms with Crippen molar-refractivity contribution in [3.05, 3.63) is 64.1 Å². The number of amides is 1. The van der Waals surface area contributed by atoms with E-state index in [0.717, 1.165) is 40.8 Å². The fourth-order valence-electron chi connectivity index (χ4n) is 3.02. The van der Waals surface area contributed by atoms with Crippen LogP contribution in [0.25, 0.3) is 0 Å². The summed E-state index contributed by atoms with van der Waals surface area (Å²) >= 11 is 3.59. The second-order valence-electron chi connectivity index (χ2n) is 6.28. The zero-order chi connectivity index (χ0) is 17.1. The molecule has 0 spiro atoms. The van der Waals surface area contributed by atoms with Crippen LogP contribution in [0.4, 0.5) is 5.69 Å². The molecule has 3 N–H and O–H groups in total. The third-order valence-corrected chi connectivity index (χ3v) is 5.12. The van der Waals surface area contributed by atoms with Crippen LogP contribution in [-0.4, -0.2) is 25.0 Å². The van der Waals surface area contributed by atoms with Gasteiger partial charge in [-0.15, -0.1) is 0 Å². The van der Waals surface area contributed by atoms with Crippen molar-refractivity contribution in [2.45, 2.75) is 25.4 Å². The van der Waals surface area contributed by atoms with Crippen molar-refractivity contribution < 1.29 is 4.79 Å². The Morgan fingerprint density at radius 1 is 1.25 bits per heavy atom. The topological polar surface area (TPSA) is 58.4 Å². The fourth-order valence-corrected chi connectivity index (χ4v) is 3.56. The zero-order valence-electron chi connectivity index (χ0n) is 13.7. The van der Waals surface area contributed by atoms with Gasteiger partial charge in [-0.25, -0.2) is 0 Å². The number of hydrogen-bond acceptors (Lipinski definition) is 3. The molecule has 2 aromatic carbocycles. The summed E-state index contributed by atoms with van der Waals surface area (Å²) in [6, 6.07) is 15.5. The number of nitrogens with one attached hydrogen (secondary N) is 1. The Kier molecular flexibility index (Phi) is 5.21. The Balaban J connectivity index is 1.60. The molecule has 1 aliphatic rings. The highest BCUT2D eigenvalue weighted by molar-refractivity contribution is 9.10. The fraction of sp³-hybridized carbons (Fsp3) is 0.316. The molecule has 5 heteroatoms. The SMILES string of the molecule is Cc1ccc(C(N)C(=O)NC2CCN(c3ccccc3Br)C2)cc1. The van der Waals surface area contributed by atoms with Gasteiger partial charge in [0, 0.05) is 23.6 Å². The maximum absolute atomic E-state index is 12.4. The molecular weight excluding hydrogens is 366 g/mol. The quantitative estimate of drug-likeness (QED) is 0.846. The highest BCUT2D eigenvalue weighted by Gasteiger charge is 2.27. The number of anilines is 1. The summed E-state index contributed by atoms with van der Waals surface area (Å²) in [5.41, 5.74) is 9.27. The highest BCUT2D eigenvalue weighted by Crippen LogP contribution is 2.28. The number of aryl methyl sites for hydroxylation is 1. The van der Waals surface area contributed by atoms with E-state index in [4.69, 9.17) is 5.73 Å². The molecule has 1 heterocycles. The average Bonchev–Trinajstić information content (AvgIpc) is 3.03. The van der Waals surface area contributed by atoms with Gasteiger partial charge < -0.3 is 16.0 Å². The predicted octanol–water partition coefficient (Wildman–Crippen LogP) is 3.15. The lowest BCUT2D eigenvalue weighted by atomic mass is 10.0. The third kappa shape index (κ3) is 3.79. The van der Waals surface area contributed by atoms with Crippen molar-refractivity contribution in [3.8, 4) is 0 Å². The van der Waals surface area contributed by atoms with Crippen LogP contribution in [0.3, 0.4) is 0 Å². The van der Waals surface area contributed by atoms with E-state index in [1.54, 1.807) is 0 Å². The van der Waals surface area contributed by atoms with Crippen molar-refractivity contribution >= 4 is 27.5 Å². The number of nitrogens with zero attached hydrogens (tertiary/aromatic N) is 1. The number of halogens is 1. The summed E-state index contributed by atoms with van der Waals surface area (Å²) in [6.07, 6.45) is 0.924. The third-order valence-electron chi connectivity index (χ3n) is 4.45. The lowest BCUT2D eigenvalue weighted by Crippen LogP contribution is -2.42. The van der Waals surface area contributed by atoms with Crippen molar-refractivity contribution in [1.82, 2.24) is 5.32 Å². The van der Waals surface area contributed by atoms with Gasteiger partial charge in [-0.2, -0.15) is 0 Å². The Morgan fingerprint density at radius 2 is 1.96 bits per heavy atom. The summed E-state index contributed by atoms with van der Waals surface area (Å²) < 4.78 is 1.08. The van der Waals surface area contributed by atoms with Gasteiger partial charge >= 0.3 is 0 Å². The molecule has 1 aliphatic heterocycles. The van der Waals surface area contributed by atoms with Gasteiger partial charge in [-0.05, 0) is 47.0 Å². The zero-order valence-corrected chi connectivity index (χ0v) is 15.3. The predicted molar refractivity (Wildman–Crippen MR) is 101 cm³/mol. The number of carbonyl (C=O) groups is 1. The van der Waals surface area contributed by atoms with E-state index >= 15 is 0 Å². The highest BCUT2D eigenvalue weighted by atomic mass is 79.9. The minimum atomic E-state index is -0.622. The first-order valence-corrected chi connectivity index (χ1v) is 8.96. The minimum absolute atomic E-state index is 0.113. The average molecular weight is 388 g/mol. The van der Waals surface area contributed by atoms with Gasteiger partial charge in [0.25, 0.3) is 0 Å². The first-order chi connectivity index (χ1) is 11.5. The first-order valence-electron chi connectivity index (χ1n) is 8.16. The second-order valence-corrected chi connectivity index (χ2v) is 7.13. The summed E-state index contributed by atoms with van der Waals surface area (Å²) in [7, 11) is 0. The molecule has 0 saturated carbocycles. The molecule has 0 radical (unpaired) electrons. The molecule has 126 valence electrons. The molecule has 0 aliphatic carbocycles.